The molecule has 31 heavy (non-hydrogen) atoms. The molecule has 9 nitrogen and oxygen atoms in total. The number of anilines is 3. The van der Waals surface area contributed by atoms with Gasteiger partial charge in [-0.2, -0.15) is 0 Å². The van der Waals surface area contributed by atoms with Gasteiger partial charge in [0.2, 0.25) is 0 Å². The molecular weight excluding hydrogens is 394 g/mol. The number of methoxy groups -OCH3 is 1. The summed E-state index contributed by atoms with van der Waals surface area (Å²) in [5, 5.41) is 3.02. The van der Waals surface area contributed by atoms with Crippen LogP contribution >= 0.6 is 0 Å². The molecule has 0 atom stereocenters. The summed E-state index contributed by atoms with van der Waals surface area (Å²) in [5.74, 6) is 2.69. The smallest absolute Gasteiger partial charge is 0.321 e. The molecule has 9 heteroatoms. The highest BCUT2D eigenvalue weighted by molar-refractivity contribution is 5.90. The second-order valence-electron chi connectivity index (χ2n) is 8.11. The van der Waals surface area contributed by atoms with E-state index in [1.165, 1.54) is 0 Å². The molecule has 1 aromatic carbocycles. The zero-order valence-electron chi connectivity index (χ0n) is 18.5. The van der Waals surface area contributed by atoms with E-state index in [0.29, 0.717) is 13.1 Å². The first-order valence-corrected chi connectivity index (χ1v) is 10.7. The summed E-state index contributed by atoms with van der Waals surface area (Å²) in [7, 11) is 3.78. The minimum Gasteiger partial charge on any atom is -0.497 e. The highest BCUT2D eigenvalue weighted by atomic mass is 16.5. The predicted molar refractivity (Wildman–Crippen MR) is 122 cm³/mol. The Morgan fingerprint density at radius 2 is 1.55 bits per heavy atom. The number of hydrogen-bond donors (Lipinski definition) is 1. The van der Waals surface area contributed by atoms with E-state index in [1.807, 2.05) is 30.0 Å². The van der Waals surface area contributed by atoms with Crippen LogP contribution in [0.5, 0.6) is 5.75 Å². The van der Waals surface area contributed by atoms with Crippen molar-refractivity contribution in [2.75, 3.05) is 81.6 Å². The van der Waals surface area contributed by atoms with Crippen molar-refractivity contribution in [3.63, 3.8) is 0 Å². The van der Waals surface area contributed by atoms with Crippen LogP contribution in [0.15, 0.2) is 30.6 Å². The summed E-state index contributed by atoms with van der Waals surface area (Å²) in [6.45, 7) is 8.79. The highest BCUT2D eigenvalue weighted by Crippen LogP contribution is 2.23. The molecule has 0 saturated carbocycles. The van der Waals surface area contributed by atoms with E-state index in [-0.39, 0.29) is 6.03 Å². The van der Waals surface area contributed by atoms with Crippen LogP contribution in [-0.4, -0.2) is 92.3 Å². The molecule has 1 aromatic heterocycles. The van der Waals surface area contributed by atoms with Gasteiger partial charge in [-0.15, -0.1) is 0 Å². The third-order valence-electron chi connectivity index (χ3n) is 6.03. The van der Waals surface area contributed by atoms with Crippen LogP contribution in [0.2, 0.25) is 0 Å². The number of nitrogens with zero attached hydrogens (tertiary/aromatic N) is 6. The molecule has 2 aromatic rings. The third-order valence-corrected chi connectivity index (χ3v) is 6.03. The van der Waals surface area contributed by atoms with Gasteiger partial charge >= 0.3 is 6.03 Å². The largest absolute Gasteiger partial charge is 0.497 e. The molecule has 1 N–H and O–H groups in total. The number of ether oxygens (including phenoxy) is 1. The van der Waals surface area contributed by atoms with Gasteiger partial charge in [-0.05, 0) is 37.7 Å². The van der Waals surface area contributed by atoms with Gasteiger partial charge in [0, 0.05) is 64.1 Å². The second kappa shape index (κ2) is 9.38. The van der Waals surface area contributed by atoms with Gasteiger partial charge in [-0.1, -0.05) is 0 Å². The number of aromatic nitrogens is 2. The number of hydrogen-bond acceptors (Lipinski definition) is 7. The van der Waals surface area contributed by atoms with Crippen molar-refractivity contribution in [1.29, 1.82) is 0 Å². The lowest BCUT2D eigenvalue weighted by molar-refractivity contribution is 0.208. The van der Waals surface area contributed by atoms with Gasteiger partial charge in [0.15, 0.2) is 0 Å². The number of likely N-dealkylation sites (N-methyl/N-ethyl adjacent to an activating group) is 1. The SMILES string of the molecule is COc1ccc(NC(=O)N2CCN(c3cc(N4CCN(C)CC4)ncn3)CC2)c(C)c1. The number of urea groups is 1. The van der Waals surface area contributed by atoms with Crippen LogP contribution in [0.4, 0.5) is 22.1 Å². The minimum atomic E-state index is -0.0753. The van der Waals surface area contributed by atoms with E-state index in [0.717, 1.165) is 67.9 Å². The average Bonchev–Trinajstić information content (AvgIpc) is 2.81. The zero-order valence-corrected chi connectivity index (χ0v) is 18.5. The summed E-state index contributed by atoms with van der Waals surface area (Å²) >= 11 is 0. The van der Waals surface area contributed by atoms with Gasteiger partial charge in [0.25, 0.3) is 0 Å². The number of rotatable bonds is 4. The lowest BCUT2D eigenvalue weighted by Crippen LogP contribution is -2.50. The highest BCUT2D eigenvalue weighted by Gasteiger charge is 2.23. The fourth-order valence-electron chi connectivity index (χ4n) is 3.95. The Hall–Kier alpha value is -3.07. The maximum Gasteiger partial charge on any atom is 0.321 e. The molecule has 0 aliphatic carbocycles. The van der Waals surface area contributed by atoms with Crippen molar-refractivity contribution in [3.05, 3.63) is 36.2 Å². The van der Waals surface area contributed by atoms with E-state index in [9.17, 15) is 4.79 Å². The average molecular weight is 426 g/mol. The van der Waals surface area contributed by atoms with Gasteiger partial charge in [-0.3, -0.25) is 0 Å². The maximum atomic E-state index is 12.7. The van der Waals surface area contributed by atoms with Crippen LogP contribution in [0, 0.1) is 6.92 Å². The van der Waals surface area contributed by atoms with Gasteiger partial charge < -0.3 is 29.7 Å². The number of carbonyl (C=O) groups excluding carboxylic acids is 1. The fraction of sp³-hybridized carbons (Fsp3) is 0.500. The van der Waals surface area contributed by atoms with E-state index < -0.39 is 0 Å². The number of aryl methyl sites for hydroxylation is 1. The number of nitrogens with one attached hydrogen (secondary N) is 1. The summed E-state index contributed by atoms with van der Waals surface area (Å²) in [6.07, 6.45) is 1.65. The zero-order chi connectivity index (χ0) is 21.8. The minimum absolute atomic E-state index is 0.0753. The molecular formula is C22H31N7O2. The molecule has 0 spiro atoms. The Morgan fingerprint density at radius 3 is 2.13 bits per heavy atom. The van der Waals surface area contributed by atoms with Crippen molar-refractivity contribution < 1.29 is 9.53 Å². The maximum absolute atomic E-state index is 12.7. The Balaban J connectivity index is 1.33. The molecule has 2 aliphatic rings. The standard InChI is InChI=1S/C22H31N7O2/c1-17-14-18(31-3)4-5-19(17)25-22(30)29-12-10-28(11-13-29)21-15-20(23-16-24-21)27-8-6-26(2)7-9-27/h4-5,14-16H,6-13H2,1-3H3,(H,25,30). The Bertz CT molecular complexity index is 906. The molecule has 2 saturated heterocycles. The van der Waals surface area contributed by atoms with Crippen LogP contribution in [0.25, 0.3) is 0 Å². The number of amides is 2. The second-order valence-corrected chi connectivity index (χ2v) is 8.11. The summed E-state index contributed by atoms with van der Waals surface area (Å²) in [5.41, 5.74) is 1.78. The number of carbonyl (C=O) groups is 1. The molecule has 166 valence electrons. The molecule has 0 unspecified atom stereocenters. The van der Waals surface area contributed by atoms with E-state index in [1.54, 1.807) is 13.4 Å². The first kappa shape index (κ1) is 21.2. The van der Waals surface area contributed by atoms with Crippen molar-refractivity contribution in [1.82, 2.24) is 19.8 Å². The van der Waals surface area contributed by atoms with Gasteiger partial charge in [0.05, 0.1) is 7.11 Å². The quantitative estimate of drug-likeness (QED) is 0.802. The van der Waals surface area contributed by atoms with Crippen molar-refractivity contribution in [3.8, 4) is 5.75 Å². The Morgan fingerprint density at radius 1 is 0.935 bits per heavy atom. The van der Waals surface area contributed by atoms with Crippen LogP contribution in [-0.2, 0) is 0 Å². The van der Waals surface area contributed by atoms with Crippen molar-refractivity contribution in [2.45, 2.75) is 6.92 Å². The lowest BCUT2D eigenvalue weighted by atomic mass is 10.2. The first-order valence-electron chi connectivity index (χ1n) is 10.7. The van der Waals surface area contributed by atoms with Gasteiger partial charge in [-0.25, -0.2) is 14.8 Å². The topological polar surface area (TPSA) is 77.1 Å². The molecule has 4 rings (SSSR count). The normalized spacial score (nSPS) is 17.6. The van der Waals surface area contributed by atoms with Crippen LogP contribution in [0.3, 0.4) is 0 Å². The monoisotopic (exact) mass is 425 g/mol. The van der Waals surface area contributed by atoms with Crippen molar-refractivity contribution >= 4 is 23.4 Å². The number of piperazine rings is 2. The van der Waals surface area contributed by atoms with Crippen LogP contribution < -0.4 is 19.9 Å². The summed E-state index contributed by atoms with van der Waals surface area (Å²) < 4.78 is 5.23. The predicted octanol–water partition coefficient (Wildman–Crippen LogP) is 1.90. The fourth-order valence-corrected chi connectivity index (χ4v) is 3.95. The van der Waals surface area contributed by atoms with Gasteiger partial charge in [0.1, 0.15) is 23.7 Å². The molecule has 0 radical (unpaired) electrons. The molecule has 2 aliphatic heterocycles. The lowest BCUT2D eigenvalue weighted by Gasteiger charge is -2.36. The van der Waals surface area contributed by atoms with E-state index >= 15 is 0 Å². The third kappa shape index (κ3) is 4.99. The summed E-state index contributed by atoms with van der Waals surface area (Å²) in [4.78, 5) is 30.4. The number of benzene rings is 1. The summed E-state index contributed by atoms with van der Waals surface area (Å²) in [6, 6.07) is 7.65. The van der Waals surface area contributed by atoms with E-state index in [4.69, 9.17) is 4.74 Å². The van der Waals surface area contributed by atoms with Crippen molar-refractivity contribution in [2.24, 2.45) is 0 Å². The molecule has 2 amide bonds. The molecule has 0 bridgehead atoms. The van der Waals surface area contributed by atoms with Crippen LogP contribution in [0.1, 0.15) is 5.56 Å². The Labute approximate surface area is 183 Å². The molecule has 3 heterocycles. The molecule has 2 fully saturated rings. The van der Waals surface area contributed by atoms with E-state index in [2.05, 4.69) is 43.1 Å². The first-order chi connectivity index (χ1) is 15.0. The Kier molecular flexibility index (Phi) is 6.41.